The van der Waals surface area contributed by atoms with Gasteiger partial charge in [-0.05, 0) is 45.2 Å². The molecule has 0 aliphatic heterocycles. The molecule has 2 rings (SSSR count). The van der Waals surface area contributed by atoms with Gasteiger partial charge in [-0.15, -0.1) is 0 Å². The molecule has 0 bridgehead atoms. The standard InChI is InChI=1S/C16H21NO/c1-4-17(15-10-8-13(2)9-11-15)18-16-7-5-6-14(3)12-16/h4,8-12,16H,1,5-7H2,2-3H3. The quantitative estimate of drug-likeness (QED) is 0.575. The minimum atomic E-state index is 0.165. The Labute approximate surface area is 110 Å². The van der Waals surface area contributed by atoms with Gasteiger partial charge in [0.15, 0.2) is 0 Å². The molecule has 1 unspecified atom stereocenters. The highest BCUT2D eigenvalue weighted by Gasteiger charge is 2.15. The van der Waals surface area contributed by atoms with Crippen LogP contribution in [0, 0.1) is 6.92 Å². The van der Waals surface area contributed by atoms with E-state index in [1.165, 1.54) is 24.0 Å². The number of allylic oxidation sites excluding steroid dienone is 1. The number of nitrogens with zero attached hydrogens (tertiary/aromatic N) is 1. The van der Waals surface area contributed by atoms with Crippen molar-refractivity contribution in [3.05, 3.63) is 54.3 Å². The van der Waals surface area contributed by atoms with Crippen LogP contribution in [0.3, 0.4) is 0 Å². The van der Waals surface area contributed by atoms with E-state index in [0.29, 0.717) is 0 Å². The lowest BCUT2D eigenvalue weighted by Gasteiger charge is -2.27. The summed E-state index contributed by atoms with van der Waals surface area (Å²) in [4.78, 5) is 5.98. The third-order valence-electron chi connectivity index (χ3n) is 3.23. The lowest BCUT2D eigenvalue weighted by Crippen LogP contribution is -2.25. The van der Waals surface area contributed by atoms with Gasteiger partial charge in [-0.3, -0.25) is 4.84 Å². The van der Waals surface area contributed by atoms with Gasteiger partial charge in [0.05, 0.1) is 5.69 Å². The van der Waals surface area contributed by atoms with Crippen molar-refractivity contribution in [2.75, 3.05) is 5.06 Å². The van der Waals surface area contributed by atoms with Gasteiger partial charge in [0.2, 0.25) is 0 Å². The highest BCUT2D eigenvalue weighted by molar-refractivity contribution is 5.47. The van der Waals surface area contributed by atoms with E-state index >= 15 is 0 Å². The Morgan fingerprint density at radius 2 is 2.00 bits per heavy atom. The fourth-order valence-corrected chi connectivity index (χ4v) is 2.20. The number of rotatable bonds is 4. The van der Waals surface area contributed by atoms with E-state index in [0.717, 1.165) is 12.1 Å². The number of aryl methyl sites for hydroxylation is 1. The minimum Gasteiger partial charge on any atom is -0.262 e. The van der Waals surface area contributed by atoms with Crippen molar-refractivity contribution < 1.29 is 4.84 Å². The first kappa shape index (κ1) is 12.9. The van der Waals surface area contributed by atoms with Gasteiger partial charge in [-0.2, -0.15) is 0 Å². The SMILES string of the molecule is C=CN(OC1C=C(C)CCC1)c1ccc(C)cc1. The molecule has 0 fully saturated rings. The van der Waals surface area contributed by atoms with Crippen LogP contribution in [0.5, 0.6) is 0 Å². The van der Waals surface area contributed by atoms with E-state index in [4.69, 9.17) is 4.84 Å². The molecule has 0 aromatic heterocycles. The Morgan fingerprint density at radius 3 is 2.61 bits per heavy atom. The van der Waals surface area contributed by atoms with E-state index < -0.39 is 0 Å². The maximum Gasteiger partial charge on any atom is 0.104 e. The molecule has 2 heteroatoms. The molecule has 1 aromatic carbocycles. The van der Waals surface area contributed by atoms with Crippen LogP contribution in [-0.4, -0.2) is 6.10 Å². The van der Waals surface area contributed by atoms with Crippen molar-refractivity contribution >= 4 is 5.69 Å². The number of hydrogen-bond acceptors (Lipinski definition) is 2. The molecule has 0 heterocycles. The predicted molar refractivity (Wildman–Crippen MR) is 76.3 cm³/mol. The van der Waals surface area contributed by atoms with Crippen LogP contribution < -0.4 is 5.06 Å². The van der Waals surface area contributed by atoms with Gasteiger partial charge < -0.3 is 0 Å². The van der Waals surface area contributed by atoms with Gasteiger partial charge >= 0.3 is 0 Å². The van der Waals surface area contributed by atoms with Crippen LogP contribution in [-0.2, 0) is 4.84 Å². The summed E-state index contributed by atoms with van der Waals surface area (Å²) in [5.74, 6) is 0. The third kappa shape index (κ3) is 3.23. The predicted octanol–water partition coefficient (Wildman–Crippen LogP) is 4.38. The van der Waals surface area contributed by atoms with Crippen molar-refractivity contribution in [1.82, 2.24) is 0 Å². The Kier molecular flexibility index (Phi) is 4.21. The molecule has 96 valence electrons. The molecule has 2 nitrogen and oxygen atoms in total. The highest BCUT2D eigenvalue weighted by atomic mass is 16.7. The van der Waals surface area contributed by atoms with Crippen molar-refractivity contribution in [2.24, 2.45) is 0 Å². The Morgan fingerprint density at radius 1 is 1.28 bits per heavy atom. The second-order valence-corrected chi connectivity index (χ2v) is 4.89. The summed E-state index contributed by atoms with van der Waals surface area (Å²) >= 11 is 0. The summed E-state index contributed by atoms with van der Waals surface area (Å²) in [7, 11) is 0. The third-order valence-corrected chi connectivity index (χ3v) is 3.23. The van der Waals surface area contributed by atoms with Crippen molar-refractivity contribution in [2.45, 2.75) is 39.2 Å². The summed E-state index contributed by atoms with van der Waals surface area (Å²) in [6.07, 6.45) is 7.58. The number of hydrogen-bond donors (Lipinski definition) is 0. The molecule has 1 aliphatic carbocycles. The van der Waals surface area contributed by atoms with E-state index in [2.05, 4.69) is 50.8 Å². The van der Waals surface area contributed by atoms with Crippen LogP contribution in [0.2, 0.25) is 0 Å². The highest BCUT2D eigenvalue weighted by Crippen LogP contribution is 2.23. The summed E-state index contributed by atoms with van der Waals surface area (Å²) in [6.45, 7) is 8.07. The fourth-order valence-electron chi connectivity index (χ4n) is 2.20. The zero-order chi connectivity index (χ0) is 13.0. The molecule has 0 spiro atoms. The van der Waals surface area contributed by atoms with Gasteiger partial charge in [0.1, 0.15) is 6.10 Å². The van der Waals surface area contributed by atoms with Gasteiger partial charge in [-0.25, -0.2) is 5.06 Å². The van der Waals surface area contributed by atoms with Gasteiger partial charge in [-0.1, -0.05) is 35.9 Å². The van der Waals surface area contributed by atoms with Crippen molar-refractivity contribution in [3.63, 3.8) is 0 Å². The summed E-state index contributed by atoms with van der Waals surface area (Å²) in [5.41, 5.74) is 3.68. The molecule has 0 amide bonds. The van der Waals surface area contributed by atoms with Crippen molar-refractivity contribution in [1.29, 1.82) is 0 Å². The monoisotopic (exact) mass is 243 g/mol. The first-order valence-corrected chi connectivity index (χ1v) is 6.51. The maximum atomic E-state index is 5.98. The van der Waals surface area contributed by atoms with Gasteiger partial charge in [0, 0.05) is 6.20 Å². The molecule has 1 aliphatic rings. The average Bonchev–Trinajstić information content (AvgIpc) is 2.37. The lowest BCUT2D eigenvalue weighted by molar-refractivity contribution is 0.0720. The number of hydroxylamine groups is 1. The van der Waals surface area contributed by atoms with Crippen molar-refractivity contribution in [3.8, 4) is 0 Å². The molecule has 18 heavy (non-hydrogen) atoms. The summed E-state index contributed by atoms with van der Waals surface area (Å²) < 4.78 is 0. The van der Waals surface area contributed by atoms with E-state index in [1.807, 2.05) is 0 Å². The zero-order valence-electron chi connectivity index (χ0n) is 11.2. The van der Waals surface area contributed by atoms with Crippen LogP contribution >= 0.6 is 0 Å². The van der Waals surface area contributed by atoms with Crippen LogP contribution in [0.15, 0.2) is 48.7 Å². The Hall–Kier alpha value is -1.54. The smallest absolute Gasteiger partial charge is 0.104 e. The normalized spacial score (nSPS) is 19.2. The summed E-state index contributed by atoms with van der Waals surface area (Å²) in [6, 6.07) is 8.27. The van der Waals surface area contributed by atoms with Crippen LogP contribution in [0.4, 0.5) is 5.69 Å². The molecule has 1 atom stereocenters. The van der Waals surface area contributed by atoms with E-state index in [9.17, 15) is 0 Å². The maximum absolute atomic E-state index is 5.98. The molecule has 0 radical (unpaired) electrons. The largest absolute Gasteiger partial charge is 0.262 e. The van der Waals surface area contributed by atoms with Crippen LogP contribution in [0.25, 0.3) is 0 Å². The molecule has 0 saturated carbocycles. The second kappa shape index (κ2) is 5.87. The lowest BCUT2D eigenvalue weighted by atomic mass is 9.99. The van der Waals surface area contributed by atoms with E-state index in [1.54, 1.807) is 11.3 Å². The molecule has 0 saturated heterocycles. The Bertz CT molecular complexity index is 433. The fraction of sp³-hybridized carbons (Fsp3) is 0.375. The number of anilines is 1. The first-order chi connectivity index (χ1) is 8.69. The Balaban J connectivity index is 2.07. The summed E-state index contributed by atoms with van der Waals surface area (Å²) in [5, 5.41) is 1.76. The topological polar surface area (TPSA) is 12.5 Å². The van der Waals surface area contributed by atoms with Crippen LogP contribution in [0.1, 0.15) is 31.7 Å². The van der Waals surface area contributed by atoms with E-state index in [-0.39, 0.29) is 6.10 Å². The molecule has 0 N–H and O–H groups in total. The van der Waals surface area contributed by atoms with Gasteiger partial charge in [0.25, 0.3) is 0 Å². The average molecular weight is 243 g/mol. The molecular formula is C16H21NO. The zero-order valence-corrected chi connectivity index (χ0v) is 11.2. The molecule has 1 aromatic rings. The first-order valence-electron chi connectivity index (χ1n) is 6.51. The minimum absolute atomic E-state index is 0.165. The number of benzene rings is 1. The second-order valence-electron chi connectivity index (χ2n) is 4.89. The molecular weight excluding hydrogens is 222 g/mol.